The first-order valence-electron chi connectivity index (χ1n) is 16.9. The average molecular weight is 778 g/mol. The van der Waals surface area contributed by atoms with Crippen LogP contribution >= 0.6 is 23.2 Å². The highest BCUT2D eigenvalue weighted by Gasteiger charge is 2.29. The van der Waals surface area contributed by atoms with Crippen molar-refractivity contribution in [1.82, 2.24) is 29.8 Å². The van der Waals surface area contributed by atoms with Gasteiger partial charge in [-0.25, -0.2) is 4.72 Å². The maximum absolute atomic E-state index is 14.0. The number of carbonyl (C=O) groups is 2. The van der Waals surface area contributed by atoms with E-state index < -0.39 is 26.9 Å². The van der Waals surface area contributed by atoms with Crippen LogP contribution in [0.15, 0.2) is 70.4 Å². The molecule has 0 aliphatic carbocycles. The molecule has 2 aromatic carbocycles. The number of carbonyl (C=O) groups excluding carboxylic acids is 2. The van der Waals surface area contributed by atoms with Crippen LogP contribution in [0.5, 0.6) is 5.75 Å². The van der Waals surface area contributed by atoms with Gasteiger partial charge < -0.3 is 19.5 Å². The Balaban J connectivity index is 1.30. The molecular formula is C38H38Cl2N6O6S. The number of nitrogens with zero attached hydrogens (tertiary/aromatic N) is 3. The van der Waals surface area contributed by atoms with Crippen LogP contribution in [0.25, 0.3) is 22.0 Å². The molecule has 0 radical (unpaired) electrons. The van der Waals surface area contributed by atoms with Crippen molar-refractivity contribution in [2.45, 2.75) is 65.6 Å². The SMILES string of the molecule is CCn1nc(C)c(-c2c(Cl)ccc3c(CCCOc4cc(C)c(Cl)c(C)c4)c(C(=O)NS(=O)(=O)c4ccc(C(=O)NCc5ccncc5)o4)[nH]c23)c1C. The van der Waals surface area contributed by atoms with Gasteiger partial charge in [0.15, 0.2) is 5.76 Å². The molecule has 0 saturated heterocycles. The lowest BCUT2D eigenvalue weighted by molar-refractivity contribution is 0.0917. The van der Waals surface area contributed by atoms with E-state index in [1.165, 1.54) is 6.07 Å². The molecule has 0 atom stereocenters. The summed E-state index contributed by atoms with van der Waals surface area (Å²) in [6, 6.07) is 13.1. The molecule has 4 aromatic heterocycles. The fraction of sp³-hybridized carbons (Fsp3) is 0.263. The predicted octanol–water partition coefficient (Wildman–Crippen LogP) is 7.64. The Morgan fingerprint density at radius 1 is 0.962 bits per heavy atom. The Morgan fingerprint density at radius 2 is 1.68 bits per heavy atom. The Kier molecular flexibility index (Phi) is 11.0. The van der Waals surface area contributed by atoms with Crippen molar-refractivity contribution in [2.75, 3.05) is 6.61 Å². The van der Waals surface area contributed by atoms with Crippen molar-refractivity contribution in [3.8, 4) is 16.9 Å². The standard InChI is InChI=1S/C38H38Cl2N6O6S/c1-6-46-24(5)32(23(4)44-46)33-29(39)10-9-28-27(8-7-17-51-26-18-21(2)34(40)22(3)19-26)36(43-35(28)33)38(48)45-53(49,50)31-12-11-30(52-31)37(47)42-20-25-13-15-41-16-14-25/h9-16,18-19,43H,6-8,17,20H2,1-5H3,(H,42,47)(H,45,48). The predicted molar refractivity (Wildman–Crippen MR) is 203 cm³/mol. The zero-order chi connectivity index (χ0) is 38.0. The zero-order valence-corrected chi connectivity index (χ0v) is 32.1. The van der Waals surface area contributed by atoms with Gasteiger partial charge in [0.1, 0.15) is 11.4 Å². The number of furan rings is 1. The van der Waals surface area contributed by atoms with Gasteiger partial charge in [-0.15, -0.1) is 0 Å². The maximum atomic E-state index is 14.0. The van der Waals surface area contributed by atoms with E-state index >= 15 is 0 Å². The summed E-state index contributed by atoms with van der Waals surface area (Å²) in [4.78, 5) is 33.8. The van der Waals surface area contributed by atoms with E-state index in [1.54, 1.807) is 30.6 Å². The molecule has 53 heavy (non-hydrogen) atoms. The van der Waals surface area contributed by atoms with E-state index in [2.05, 4.69) is 25.1 Å². The number of nitrogens with one attached hydrogen (secondary N) is 3. The number of aryl methyl sites for hydroxylation is 5. The summed E-state index contributed by atoms with van der Waals surface area (Å²) in [5.74, 6) is -1.10. The van der Waals surface area contributed by atoms with E-state index in [0.29, 0.717) is 63.8 Å². The van der Waals surface area contributed by atoms with Gasteiger partial charge in [0.25, 0.3) is 21.8 Å². The smallest absolute Gasteiger partial charge is 0.297 e. The van der Waals surface area contributed by atoms with Crippen LogP contribution < -0.4 is 14.8 Å². The molecule has 0 aliphatic rings. The molecule has 0 fully saturated rings. The number of aromatic amines is 1. The number of hydrogen-bond donors (Lipinski definition) is 3. The Morgan fingerprint density at radius 3 is 2.36 bits per heavy atom. The van der Waals surface area contributed by atoms with Gasteiger partial charge in [0.2, 0.25) is 5.09 Å². The number of pyridine rings is 1. The first-order chi connectivity index (χ1) is 25.3. The van der Waals surface area contributed by atoms with Gasteiger partial charge in [-0.3, -0.25) is 19.3 Å². The third-order valence-electron chi connectivity index (χ3n) is 8.94. The zero-order valence-electron chi connectivity index (χ0n) is 29.8. The molecule has 276 valence electrons. The van der Waals surface area contributed by atoms with Crippen molar-refractivity contribution in [3.05, 3.63) is 116 Å². The van der Waals surface area contributed by atoms with E-state index in [0.717, 1.165) is 39.7 Å². The molecule has 2 amide bonds. The number of halogens is 2. The highest BCUT2D eigenvalue weighted by Crippen LogP contribution is 2.40. The molecule has 0 spiro atoms. The summed E-state index contributed by atoms with van der Waals surface area (Å²) in [7, 11) is -4.55. The second kappa shape index (κ2) is 15.5. The Hall–Kier alpha value is -5.11. The number of fused-ring (bicyclic) bond motifs is 1. The second-order valence-electron chi connectivity index (χ2n) is 12.6. The summed E-state index contributed by atoms with van der Waals surface area (Å²) in [6.45, 7) is 10.8. The number of sulfonamides is 1. The lowest BCUT2D eigenvalue weighted by Crippen LogP contribution is -2.31. The normalized spacial score (nSPS) is 11.6. The Labute approximate surface area is 316 Å². The molecule has 0 saturated carbocycles. The van der Waals surface area contributed by atoms with Crippen LogP contribution in [-0.2, 0) is 29.5 Å². The fourth-order valence-electron chi connectivity index (χ4n) is 6.37. The number of rotatable bonds is 13. The quantitative estimate of drug-likeness (QED) is 0.101. The van der Waals surface area contributed by atoms with Gasteiger partial charge in [0, 0.05) is 52.7 Å². The van der Waals surface area contributed by atoms with Crippen molar-refractivity contribution < 1.29 is 27.2 Å². The van der Waals surface area contributed by atoms with Crippen LogP contribution in [0.3, 0.4) is 0 Å². The molecular weight excluding hydrogens is 739 g/mol. The number of amides is 2. The molecule has 12 nitrogen and oxygen atoms in total. The number of H-pyrrole nitrogens is 1. The number of hydrogen-bond acceptors (Lipinski definition) is 8. The highest BCUT2D eigenvalue weighted by molar-refractivity contribution is 7.90. The van der Waals surface area contributed by atoms with E-state index in [9.17, 15) is 18.0 Å². The van der Waals surface area contributed by atoms with Crippen molar-refractivity contribution >= 4 is 55.9 Å². The van der Waals surface area contributed by atoms with Crippen molar-refractivity contribution in [3.63, 3.8) is 0 Å². The second-order valence-corrected chi connectivity index (χ2v) is 15.0. The van der Waals surface area contributed by atoms with Crippen molar-refractivity contribution in [1.29, 1.82) is 0 Å². The minimum absolute atomic E-state index is 0.0327. The monoisotopic (exact) mass is 776 g/mol. The van der Waals surface area contributed by atoms with Gasteiger partial charge in [-0.1, -0.05) is 29.3 Å². The average Bonchev–Trinajstić information content (AvgIpc) is 3.85. The molecule has 0 bridgehead atoms. The number of ether oxygens (including phenoxy) is 1. The van der Waals surface area contributed by atoms with Gasteiger partial charge in [0.05, 0.1) is 22.8 Å². The first-order valence-corrected chi connectivity index (χ1v) is 19.1. The number of aromatic nitrogens is 4. The van der Waals surface area contributed by atoms with Crippen LogP contribution in [-0.4, -0.2) is 46.6 Å². The molecule has 4 heterocycles. The summed E-state index contributed by atoms with van der Waals surface area (Å²) >= 11 is 13.2. The maximum Gasteiger partial charge on any atom is 0.297 e. The number of benzene rings is 2. The Bertz CT molecular complexity index is 2430. The molecule has 0 aliphatic heterocycles. The first kappa shape index (κ1) is 37.6. The molecule has 15 heteroatoms. The van der Waals surface area contributed by atoms with Crippen LogP contribution in [0.1, 0.15) is 68.0 Å². The van der Waals surface area contributed by atoms with Crippen LogP contribution in [0.4, 0.5) is 0 Å². The molecule has 6 rings (SSSR count). The summed E-state index contributed by atoms with van der Waals surface area (Å²) in [5, 5.41) is 8.55. The van der Waals surface area contributed by atoms with Crippen LogP contribution in [0, 0.1) is 27.7 Å². The minimum atomic E-state index is -4.55. The van der Waals surface area contributed by atoms with Crippen molar-refractivity contribution in [2.24, 2.45) is 0 Å². The summed E-state index contributed by atoms with van der Waals surface area (Å²) < 4.78 is 42.4. The lowest BCUT2D eigenvalue weighted by Gasteiger charge is -2.11. The molecule has 6 aromatic rings. The summed E-state index contributed by atoms with van der Waals surface area (Å²) in [5.41, 5.74) is 6.88. The van der Waals surface area contributed by atoms with E-state index in [-0.39, 0.29) is 18.0 Å². The highest BCUT2D eigenvalue weighted by atomic mass is 35.5. The summed E-state index contributed by atoms with van der Waals surface area (Å²) in [6.07, 6.45) is 4.02. The van der Waals surface area contributed by atoms with Gasteiger partial charge in [-0.05, 0) is 112 Å². The molecule has 3 N–H and O–H groups in total. The van der Waals surface area contributed by atoms with Gasteiger partial charge in [-0.2, -0.15) is 13.5 Å². The molecule has 0 unspecified atom stereocenters. The fourth-order valence-corrected chi connectivity index (χ4v) is 7.62. The van der Waals surface area contributed by atoms with E-state index in [4.69, 9.17) is 32.4 Å². The third kappa shape index (κ3) is 7.82. The topological polar surface area (TPSA) is 161 Å². The van der Waals surface area contributed by atoms with Gasteiger partial charge >= 0.3 is 0 Å². The lowest BCUT2D eigenvalue weighted by atomic mass is 9.98. The minimum Gasteiger partial charge on any atom is -0.494 e. The van der Waals surface area contributed by atoms with E-state index in [1.807, 2.05) is 57.5 Å². The third-order valence-corrected chi connectivity index (χ3v) is 11.1. The largest absolute Gasteiger partial charge is 0.494 e. The van der Waals surface area contributed by atoms with Crippen LogP contribution in [0.2, 0.25) is 10.0 Å².